The molecule has 0 spiro atoms. The van der Waals surface area contributed by atoms with Crippen LogP contribution in [-0.4, -0.2) is 30.3 Å². The number of carbonyl (C=O) groups is 1. The summed E-state index contributed by atoms with van der Waals surface area (Å²) in [5.74, 6) is 1.20. The first-order chi connectivity index (χ1) is 13.7. The molecule has 4 rings (SSSR count). The Kier molecular flexibility index (Phi) is 4.97. The van der Waals surface area contributed by atoms with E-state index >= 15 is 0 Å². The Bertz CT molecular complexity index is 990. The van der Waals surface area contributed by atoms with Crippen LogP contribution in [0.5, 0.6) is 11.5 Å². The molecule has 0 fully saturated rings. The van der Waals surface area contributed by atoms with Crippen LogP contribution in [0.3, 0.4) is 0 Å². The van der Waals surface area contributed by atoms with Crippen LogP contribution in [-0.2, 0) is 12.8 Å². The fourth-order valence-corrected chi connectivity index (χ4v) is 3.37. The second-order valence-corrected chi connectivity index (χ2v) is 6.66. The van der Waals surface area contributed by atoms with E-state index in [0.717, 1.165) is 19.3 Å². The molecule has 0 radical (unpaired) electrons. The Morgan fingerprint density at radius 1 is 0.964 bits per heavy atom. The maximum absolute atomic E-state index is 12.6. The third-order valence-corrected chi connectivity index (χ3v) is 4.85. The summed E-state index contributed by atoms with van der Waals surface area (Å²) in [6.45, 7) is 0. The molecule has 1 aliphatic rings. The van der Waals surface area contributed by atoms with Gasteiger partial charge in [-0.25, -0.2) is 0 Å². The van der Waals surface area contributed by atoms with Crippen molar-refractivity contribution in [2.75, 3.05) is 19.5 Å². The van der Waals surface area contributed by atoms with Crippen molar-refractivity contribution >= 4 is 11.9 Å². The Hall–Kier alpha value is -3.35. The third kappa shape index (κ3) is 3.69. The quantitative estimate of drug-likeness (QED) is 0.724. The molecule has 1 aliphatic carbocycles. The summed E-state index contributed by atoms with van der Waals surface area (Å²) in [5, 5.41) is 10.6. The molecule has 3 aromatic rings. The van der Waals surface area contributed by atoms with E-state index in [1.807, 2.05) is 18.2 Å². The lowest BCUT2D eigenvalue weighted by Crippen LogP contribution is -2.13. The van der Waals surface area contributed by atoms with Crippen molar-refractivity contribution in [1.29, 1.82) is 0 Å². The van der Waals surface area contributed by atoms with E-state index in [4.69, 9.17) is 13.9 Å². The zero-order chi connectivity index (χ0) is 19.5. The highest BCUT2D eigenvalue weighted by molar-refractivity contribution is 6.03. The summed E-state index contributed by atoms with van der Waals surface area (Å²) >= 11 is 0. The number of carbonyl (C=O) groups excluding carboxylic acids is 1. The second-order valence-electron chi connectivity index (χ2n) is 6.66. The average Bonchev–Trinajstić information content (AvgIpc) is 3.21. The standard InChI is InChI=1S/C21H21N3O4/c1-26-17-10-16(11-18(12-17)27-2)20-23-24-21(28-20)22-19(25)15-8-7-13-5-3-4-6-14(13)9-15/h7-12H,3-6H2,1-2H3,(H,22,24,25). The van der Waals surface area contributed by atoms with E-state index in [-0.39, 0.29) is 17.8 Å². The SMILES string of the molecule is COc1cc(OC)cc(-c2nnc(NC(=O)c3ccc4c(c3)CCCC4)o2)c1. The van der Waals surface area contributed by atoms with Gasteiger partial charge in [0.05, 0.1) is 14.2 Å². The van der Waals surface area contributed by atoms with E-state index in [1.165, 1.54) is 17.5 Å². The van der Waals surface area contributed by atoms with Crippen LogP contribution >= 0.6 is 0 Å². The van der Waals surface area contributed by atoms with Crippen LogP contribution in [0.1, 0.15) is 34.3 Å². The minimum atomic E-state index is -0.271. The minimum Gasteiger partial charge on any atom is -0.497 e. The van der Waals surface area contributed by atoms with Crippen molar-refractivity contribution in [3.63, 3.8) is 0 Å². The van der Waals surface area contributed by atoms with Crippen molar-refractivity contribution in [3.05, 3.63) is 53.1 Å². The molecule has 0 saturated heterocycles. The van der Waals surface area contributed by atoms with Crippen molar-refractivity contribution in [2.24, 2.45) is 0 Å². The zero-order valence-corrected chi connectivity index (χ0v) is 15.8. The molecular weight excluding hydrogens is 358 g/mol. The molecule has 1 aromatic heterocycles. The molecule has 1 N–H and O–H groups in total. The molecule has 0 unspecified atom stereocenters. The number of methoxy groups -OCH3 is 2. The summed E-state index contributed by atoms with van der Waals surface area (Å²) in [6.07, 6.45) is 4.46. The largest absolute Gasteiger partial charge is 0.497 e. The zero-order valence-electron chi connectivity index (χ0n) is 15.8. The van der Waals surface area contributed by atoms with E-state index in [1.54, 1.807) is 32.4 Å². The van der Waals surface area contributed by atoms with Crippen molar-refractivity contribution < 1.29 is 18.7 Å². The summed E-state index contributed by atoms with van der Waals surface area (Å²) in [5.41, 5.74) is 3.80. The summed E-state index contributed by atoms with van der Waals surface area (Å²) < 4.78 is 16.1. The van der Waals surface area contributed by atoms with Gasteiger partial charge >= 0.3 is 6.01 Å². The van der Waals surface area contributed by atoms with Crippen LogP contribution in [0.2, 0.25) is 0 Å². The van der Waals surface area contributed by atoms with Crippen LogP contribution in [0.4, 0.5) is 6.01 Å². The highest BCUT2D eigenvalue weighted by Crippen LogP contribution is 2.30. The molecule has 0 bridgehead atoms. The topological polar surface area (TPSA) is 86.5 Å². The molecule has 28 heavy (non-hydrogen) atoms. The maximum atomic E-state index is 12.6. The molecule has 1 heterocycles. The lowest BCUT2D eigenvalue weighted by molar-refractivity contribution is 0.102. The van der Waals surface area contributed by atoms with Gasteiger partial charge < -0.3 is 13.9 Å². The lowest BCUT2D eigenvalue weighted by Gasteiger charge is -2.16. The van der Waals surface area contributed by atoms with Crippen molar-refractivity contribution in [1.82, 2.24) is 10.2 Å². The predicted molar refractivity (Wildman–Crippen MR) is 104 cm³/mol. The first kappa shape index (κ1) is 18.0. The Morgan fingerprint density at radius 3 is 2.39 bits per heavy atom. The van der Waals surface area contributed by atoms with Crippen molar-refractivity contribution in [3.8, 4) is 23.0 Å². The number of nitrogens with one attached hydrogen (secondary N) is 1. The van der Waals surface area contributed by atoms with Crippen LogP contribution in [0, 0.1) is 0 Å². The van der Waals surface area contributed by atoms with Gasteiger partial charge in [0.25, 0.3) is 5.91 Å². The number of aryl methyl sites for hydroxylation is 2. The van der Waals surface area contributed by atoms with Crippen LogP contribution in [0.15, 0.2) is 40.8 Å². The van der Waals surface area contributed by atoms with Gasteiger partial charge in [0, 0.05) is 17.2 Å². The number of ether oxygens (including phenoxy) is 2. The summed E-state index contributed by atoms with van der Waals surface area (Å²) in [7, 11) is 3.13. The van der Waals surface area contributed by atoms with Gasteiger partial charge in [0.15, 0.2) is 0 Å². The fourth-order valence-electron chi connectivity index (χ4n) is 3.37. The Balaban J connectivity index is 1.53. The average molecular weight is 379 g/mol. The number of hydrogen-bond acceptors (Lipinski definition) is 6. The number of benzene rings is 2. The number of fused-ring (bicyclic) bond motifs is 1. The molecule has 0 atom stereocenters. The van der Waals surface area contributed by atoms with Gasteiger partial charge in [0.2, 0.25) is 5.89 Å². The number of rotatable bonds is 5. The first-order valence-corrected chi connectivity index (χ1v) is 9.16. The van der Waals surface area contributed by atoms with Gasteiger partial charge in [0.1, 0.15) is 11.5 Å². The predicted octanol–water partition coefficient (Wildman–Crippen LogP) is 3.88. The van der Waals surface area contributed by atoms with E-state index in [0.29, 0.717) is 22.6 Å². The maximum Gasteiger partial charge on any atom is 0.322 e. The van der Waals surface area contributed by atoms with E-state index in [2.05, 4.69) is 15.5 Å². The summed E-state index contributed by atoms with van der Waals surface area (Å²) in [6, 6.07) is 11.1. The first-order valence-electron chi connectivity index (χ1n) is 9.16. The molecule has 0 aliphatic heterocycles. The Morgan fingerprint density at radius 2 is 1.68 bits per heavy atom. The van der Waals surface area contributed by atoms with E-state index < -0.39 is 0 Å². The van der Waals surface area contributed by atoms with Gasteiger partial charge in [-0.1, -0.05) is 11.2 Å². The number of nitrogens with zero attached hydrogens (tertiary/aromatic N) is 2. The highest BCUT2D eigenvalue weighted by atomic mass is 16.5. The number of hydrogen-bond donors (Lipinski definition) is 1. The second kappa shape index (κ2) is 7.72. The highest BCUT2D eigenvalue weighted by Gasteiger charge is 2.16. The molecule has 1 amide bonds. The molecule has 2 aromatic carbocycles. The van der Waals surface area contributed by atoms with Crippen molar-refractivity contribution in [2.45, 2.75) is 25.7 Å². The molecule has 7 heteroatoms. The number of amides is 1. The molecule has 144 valence electrons. The van der Waals surface area contributed by atoms with Gasteiger partial charge in [-0.15, -0.1) is 5.10 Å². The third-order valence-electron chi connectivity index (χ3n) is 4.85. The molecule has 7 nitrogen and oxygen atoms in total. The normalized spacial score (nSPS) is 12.9. The van der Waals surface area contributed by atoms with Crippen LogP contribution in [0.25, 0.3) is 11.5 Å². The van der Waals surface area contributed by atoms with Gasteiger partial charge in [-0.3, -0.25) is 10.1 Å². The molecule has 0 saturated carbocycles. The van der Waals surface area contributed by atoms with Crippen LogP contribution < -0.4 is 14.8 Å². The number of anilines is 1. The fraction of sp³-hybridized carbons (Fsp3) is 0.286. The summed E-state index contributed by atoms with van der Waals surface area (Å²) in [4.78, 5) is 12.6. The Labute approximate surface area is 162 Å². The van der Waals surface area contributed by atoms with E-state index in [9.17, 15) is 4.79 Å². The monoisotopic (exact) mass is 379 g/mol. The lowest BCUT2D eigenvalue weighted by atomic mass is 9.90. The van der Waals surface area contributed by atoms with Gasteiger partial charge in [-0.2, -0.15) is 0 Å². The number of aromatic nitrogens is 2. The molecular formula is C21H21N3O4. The minimum absolute atomic E-state index is 0.0412. The van der Waals surface area contributed by atoms with Gasteiger partial charge in [-0.05, 0) is 61.1 Å². The smallest absolute Gasteiger partial charge is 0.322 e.